The zero-order valence-electron chi connectivity index (χ0n) is 20.8. The smallest absolute Gasteiger partial charge is 0.550 e. The van der Waals surface area contributed by atoms with Gasteiger partial charge in [0.2, 0.25) is 0 Å². The fourth-order valence-corrected chi connectivity index (χ4v) is 3.05. The van der Waals surface area contributed by atoms with E-state index in [1.807, 2.05) is 0 Å². The van der Waals surface area contributed by atoms with E-state index in [4.69, 9.17) is 20.4 Å². The van der Waals surface area contributed by atoms with Crippen LogP contribution in [-0.4, -0.2) is 49.9 Å². The van der Waals surface area contributed by atoms with E-state index in [1.165, 1.54) is 70.6 Å². The molecule has 0 amide bonds. The van der Waals surface area contributed by atoms with E-state index in [0.717, 1.165) is 12.8 Å². The zero-order valence-corrected chi connectivity index (χ0v) is 22.8. The van der Waals surface area contributed by atoms with Gasteiger partial charge in [0.1, 0.15) is 0 Å². The summed E-state index contributed by atoms with van der Waals surface area (Å²) in [5.41, 5.74) is -2.80. The molecule has 0 saturated carbocycles. The third-order valence-corrected chi connectivity index (χ3v) is 4.93. The molecule has 0 fully saturated rings. The molecule has 0 saturated heterocycles. The van der Waals surface area contributed by atoms with Crippen LogP contribution in [0.3, 0.4) is 0 Å². The fraction of sp³-hybridized carbons (Fsp3) is 0.750. The quantitative estimate of drug-likeness (QED) is 0.107. The number of carboxylic acids is 4. The molecule has 0 aromatic carbocycles. The van der Waals surface area contributed by atoms with Crippen LogP contribution in [0.25, 0.3) is 0 Å². The maximum absolute atomic E-state index is 10.3. The molecule has 10 heteroatoms. The first-order chi connectivity index (χ1) is 15.5. The molecule has 4 N–H and O–H groups in total. The van der Waals surface area contributed by atoms with Crippen LogP contribution in [0.15, 0.2) is 12.2 Å². The number of carbonyl (C=O) groups excluding carboxylic acids is 1. The van der Waals surface area contributed by atoms with Gasteiger partial charge in [-0.05, 0) is 32.1 Å². The van der Waals surface area contributed by atoms with Crippen LogP contribution in [-0.2, 0) is 19.2 Å². The van der Waals surface area contributed by atoms with Crippen LogP contribution < -0.4 is 34.7 Å². The van der Waals surface area contributed by atoms with Crippen LogP contribution in [0.4, 0.5) is 0 Å². The Bertz CT molecular complexity index is 575. The zero-order chi connectivity index (χ0) is 25.5. The number of unbranched alkanes of at least 4 members (excludes halogenated alkanes) is 11. The summed E-state index contributed by atoms with van der Waals surface area (Å²) in [7, 11) is 0. The fourth-order valence-electron chi connectivity index (χ4n) is 3.05. The molecule has 0 heterocycles. The van der Waals surface area contributed by atoms with Crippen molar-refractivity contribution < 1.29 is 74.3 Å². The van der Waals surface area contributed by atoms with Gasteiger partial charge in [0, 0.05) is 18.8 Å². The van der Waals surface area contributed by atoms with Crippen molar-refractivity contribution in [1.82, 2.24) is 0 Å². The Morgan fingerprint density at radius 2 is 1.15 bits per heavy atom. The van der Waals surface area contributed by atoms with Crippen LogP contribution in [0, 0.1) is 0 Å². The minimum absolute atomic E-state index is 0. The molecular formula is C24H41NaO9. The number of aliphatic hydroxyl groups is 1. The van der Waals surface area contributed by atoms with Crippen molar-refractivity contribution in [3.63, 3.8) is 0 Å². The summed E-state index contributed by atoms with van der Waals surface area (Å²) in [5.74, 6) is -6.00. The first-order valence-corrected chi connectivity index (χ1v) is 11.8. The van der Waals surface area contributed by atoms with Crippen molar-refractivity contribution >= 4 is 23.9 Å². The van der Waals surface area contributed by atoms with Crippen LogP contribution in [0.2, 0.25) is 0 Å². The molecule has 0 radical (unpaired) electrons. The van der Waals surface area contributed by atoms with Gasteiger partial charge in [-0.15, -0.1) is 0 Å². The minimum atomic E-state index is -2.80. The van der Waals surface area contributed by atoms with Crippen molar-refractivity contribution in [2.45, 2.75) is 115 Å². The largest absolute Gasteiger partial charge is 1.00 e. The van der Waals surface area contributed by atoms with E-state index >= 15 is 0 Å². The van der Waals surface area contributed by atoms with Crippen molar-refractivity contribution in [2.75, 3.05) is 0 Å². The van der Waals surface area contributed by atoms with Crippen molar-refractivity contribution in [2.24, 2.45) is 0 Å². The SMILES string of the molecule is CCCCCCCCC=CCCCCCCCC(=O)O.O=C([O-])CC(O)(CC(=O)O)C(=O)O.[Na+]. The summed E-state index contributed by atoms with van der Waals surface area (Å²) >= 11 is 0. The predicted octanol–water partition coefficient (Wildman–Crippen LogP) is 0.529. The normalized spacial score (nSPS) is 12.2. The molecule has 0 spiro atoms. The average Bonchev–Trinajstić information content (AvgIpc) is 2.70. The molecule has 1 atom stereocenters. The maximum Gasteiger partial charge on any atom is 1.00 e. The van der Waals surface area contributed by atoms with Gasteiger partial charge in [-0.2, -0.15) is 0 Å². The molecule has 0 aromatic rings. The second kappa shape index (κ2) is 24.7. The molecule has 1 unspecified atom stereocenters. The Kier molecular flexibility index (Phi) is 27.0. The van der Waals surface area contributed by atoms with Gasteiger partial charge in [-0.25, -0.2) is 4.79 Å². The number of allylic oxidation sites excluding steroid dienone is 2. The van der Waals surface area contributed by atoms with E-state index in [2.05, 4.69) is 19.1 Å². The Balaban J connectivity index is -0.000000598. The van der Waals surface area contributed by atoms with Crippen LogP contribution >= 0.6 is 0 Å². The third-order valence-electron chi connectivity index (χ3n) is 4.93. The molecule has 0 rings (SSSR count). The topological polar surface area (TPSA) is 172 Å². The number of hydrogen-bond donors (Lipinski definition) is 4. The second-order valence-corrected chi connectivity index (χ2v) is 8.18. The second-order valence-electron chi connectivity index (χ2n) is 8.18. The number of hydrogen-bond acceptors (Lipinski definition) is 6. The van der Waals surface area contributed by atoms with Gasteiger partial charge in [0.05, 0.1) is 6.42 Å². The van der Waals surface area contributed by atoms with Gasteiger partial charge < -0.3 is 30.3 Å². The molecule has 0 aliphatic rings. The molecule has 0 bridgehead atoms. The summed E-state index contributed by atoms with van der Waals surface area (Å²) in [4.78, 5) is 40.6. The summed E-state index contributed by atoms with van der Waals surface area (Å²) in [5, 5.41) is 44.0. The Labute approximate surface area is 224 Å². The predicted molar refractivity (Wildman–Crippen MR) is 122 cm³/mol. The standard InChI is InChI=1S/C18H34O2.C6H8O7.Na/c1-2-3-4-5-6-7-8-9-10-11-12-13-14-15-16-17-18(19)20;7-3(8)1-6(13,5(11)12)2-4(9)10;/h9-10H,2-8,11-17H2,1H3,(H,19,20);13H,1-2H2,(H,7,8)(H,9,10)(H,11,12);/q;;+1/p-1. The number of carbonyl (C=O) groups is 4. The molecule has 0 aliphatic heterocycles. The number of carboxylic acid groups (broad SMARTS) is 4. The Hall–Kier alpha value is -1.42. The van der Waals surface area contributed by atoms with Gasteiger partial charge in [0.25, 0.3) is 0 Å². The van der Waals surface area contributed by atoms with Gasteiger partial charge in [0.15, 0.2) is 5.60 Å². The van der Waals surface area contributed by atoms with Crippen molar-refractivity contribution in [1.29, 1.82) is 0 Å². The van der Waals surface area contributed by atoms with E-state index in [1.54, 1.807) is 0 Å². The molecule has 192 valence electrons. The average molecular weight is 497 g/mol. The summed E-state index contributed by atoms with van der Waals surface area (Å²) in [6.45, 7) is 2.26. The monoisotopic (exact) mass is 496 g/mol. The van der Waals surface area contributed by atoms with Crippen molar-refractivity contribution in [3.05, 3.63) is 12.2 Å². The third kappa shape index (κ3) is 26.8. The van der Waals surface area contributed by atoms with Gasteiger partial charge in [-0.3, -0.25) is 9.59 Å². The Morgan fingerprint density at radius 1 is 0.706 bits per heavy atom. The van der Waals surface area contributed by atoms with E-state index in [9.17, 15) is 24.3 Å². The number of aliphatic carboxylic acids is 4. The molecule has 34 heavy (non-hydrogen) atoms. The first kappa shape index (κ1) is 37.1. The number of rotatable bonds is 20. The van der Waals surface area contributed by atoms with E-state index in [-0.39, 0.29) is 29.6 Å². The van der Waals surface area contributed by atoms with E-state index in [0.29, 0.717) is 6.42 Å². The molecule has 0 aromatic heterocycles. The first-order valence-electron chi connectivity index (χ1n) is 11.8. The summed E-state index contributed by atoms with van der Waals surface area (Å²) < 4.78 is 0. The van der Waals surface area contributed by atoms with Crippen LogP contribution in [0.5, 0.6) is 0 Å². The molecular weight excluding hydrogens is 455 g/mol. The summed E-state index contributed by atoms with van der Waals surface area (Å²) in [6, 6.07) is 0. The van der Waals surface area contributed by atoms with E-state index < -0.39 is 42.3 Å². The maximum atomic E-state index is 10.3. The summed E-state index contributed by atoms with van der Waals surface area (Å²) in [6.07, 6.45) is 18.8. The van der Waals surface area contributed by atoms with Crippen LogP contribution in [0.1, 0.15) is 110 Å². The molecule has 9 nitrogen and oxygen atoms in total. The van der Waals surface area contributed by atoms with Gasteiger partial charge >= 0.3 is 47.5 Å². The van der Waals surface area contributed by atoms with Gasteiger partial charge in [-0.1, -0.05) is 70.4 Å². The Morgan fingerprint density at radius 3 is 1.53 bits per heavy atom. The minimum Gasteiger partial charge on any atom is -0.550 e. The molecule has 0 aliphatic carbocycles. The van der Waals surface area contributed by atoms with Crippen molar-refractivity contribution in [3.8, 4) is 0 Å².